The highest BCUT2D eigenvalue weighted by Crippen LogP contribution is 2.52. The van der Waals surface area contributed by atoms with Crippen LogP contribution in [0.2, 0.25) is 10.0 Å². The first-order valence-electron chi connectivity index (χ1n) is 41.4. The maximum atomic E-state index is 13.5. The van der Waals surface area contributed by atoms with Crippen LogP contribution in [0.5, 0.6) is 11.5 Å². The smallest absolute Gasteiger partial charge is 0.294 e. The van der Waals surface area contributed by atoms with Gasteiger partial charge in [-0.05, 0) is 208 Å². The van der Waals surface area contributed by atoms with Crippen LogP contribution in [0, 0.1) is 13.8 Å². The van der Waals surface area contributed by atoms with Gasteiger partial charge in [-0.1, -0.05) is 85.0 Å². The molecule has 668 valence electrons. The minimum atomic E-state index is -4.65. The van der Waals surface area contributed by atoms with E-state index >= 15 is 0 Å². The van der Waals surface area contributed by atoms with Gasteiger partial charge in [-0.25, -0.2) is 8.42 Å². The van der Waals surface area contributed by atoms with E-state index in [4.69, 9.17) is 48.4 Å². The number of carbonyl (C=O) groups excluding carboxylic acids is 3. The lowest BCUT2D eigenvalue weighted by Gasteiger charge is -2.30. The summed E-state index contributed by atoms with van der Waals surface area (Å²) in [6.07, 6.45) is 17.4. The van der Waals surface area contributed by atoms with Crippen molar-refractivity contribution in [3.8, 4) is 22.9 Å². The molecule has 0 spiro atoms. The highest BCUT2D eigenvalue weighted by molar-refractivity contribution is 7.86. The van der Waals surface area contributed by atoms with Gasteiger partial charge in [0.1, 0.15) is 41.8 Å². The number of amides is 3. The summed E-state index contributed by atoms with van der Waals surface area (Å²) in [5.41, 5.74) is 14.2. The van der Waals surface area contributed by atoms with Gasteiger partial charge in [0, 0.05) is 112 Å². The van der Waals surface area contributed by atoms with Crippen LogP contribution < -0.4 is 36.1 Å². The number of methoxy groups -OCH3 is 2. The van der Waals surface area contributed by atoms with E-state index in [1.54, 1.807) is 56.7 Å². The summed E-state index contributed by atoms with van der Waals surface area (Å²) in [4.78, 5) is 51.0. The highest BCUT2D eigenvalue weighted by atomic mass is 35.5. The third-order valence-electron chi connectivity index (χ3n) is 22.5. The third-order valence-corrected chi connectivity index (χ3v) is 26.3. The Morgan fingerprint density at radius 3 is 1.54 bits per heavy atom. The number of rotatable bonds is 40. The quantitative estimate of drug-likeness (QED) is 0.00811. The molecule has 8 aromatic rings. The molecular weight excluding hydrogens is 1720 g/mol. The molecule has 6 aromatic carbocycles. The maximum absolute atomic E-state index is 13.5. The number of unbranched alkanes of at least 4 members (excludes halogenated alkanes) is 8. The van der Waals surface area contributed by atoms with Crippen molar-refractivity contribution in [3.05, 3.63) is 224 Å². The van der Waals surface area contributed by atoms with E-state index < -0.39 is 74.9 Å². The van der Waals surface area contributed by atoms with Crippen LogP contribution in [0.25, 0.3) is 11.4 Å². The molecule has 31 nitrogen and oxygen atoms in total. The van der Waals surface area contributed by atoms with Gasteiger partial charge in [0.2, 0.25) is 23.4 Å². The summed E-state index contributed by atoms with van der Waals surface area (Å²) in [6.45, 7) is 12.1. The summed E-state index contributed by atoms with van der Waals surface area (Å²) in [5.74, 6) is 2.44. The van der Waals surface area contributed by atoms with Crippen molar-refractivity contribution in [1.29, 1.82) is 0 Å². The average Bonchev–Trinajstić information content (AvgIpc) is 1.59. The van der Waals surface area contributed by atoms with Crippen LogP contribution in [0.15, 0.2) is 177 Å². The number of nitrogens with one attached hydrogen (secondary N) is 3. The second-order valence-electron chi connectivity index (χ2n) is 31.8. The molecule has 3 amide bonds. The molecule has 2 aromatic heterocycles. The number of nitrogens with zero attached hydrogens (tertiary/aromatic N) is 10. The Labute approximate surface area is 739 Å². The maximum Gasteiger partial charge on any atom is 0.294 e. The van der Waals surface area contributed by atoms with E-state index in [1.165, 1.54) is 24.3 Å². The number of aryl methyl sites for hydroxylation is 2. The number of aromatic nitrogens is 6. The molecular formula is C88H106Cl2N14O17S4. The van der Waals surface area contributed by atoms with E-state index in [2.05, 4.69) is 36.3 Å². The van der Waals surface area contributed by atoms with Gasteiger partial charge in [0.15, 0.2) is 17.4 Å². The topological polar surface area (TPSA) is 444 Å². The number of ether oxygens (including phenoxy) is 2. The molecule has 8 N–H and O–H groups in total. The van der Waals surface area contributed by atoms with E-state index in [-0.39, 0.29) is 72.6 Å². The predicted molar refractivity (Wildman–Crippen MR) is 479 cm³/mol. The molecule has 0 bridgehead atoms. The van der Waals surface area contributed by atoms with Crippen LogP contribution in [0.4, 0.5) is 11.4 Å². The van der Waals surface area contributed by atoms with Crippen molar-refractivity contribution in [2.75, 3.05) is 69.9 Å². The Balaban J connectivity index is 0.000000370. The molecule has 0 radical (unpaired) electrons. The first-order chi connectivity index (χ1) is 59.4. The first-order valence-corrected chi connectivity index (χ1v) is 48.2. The monoisotopic (exact) mass is 1830 g/mol. The number of fused-ring (bicyclic) bond motifs is 8. The van der Waals surface area contributed by atoms with Crippen LogP contribution in [-0.2, 0) is 65.7 Å². The fraction of sp³-hybridized carbons (Fsp3) is 0.409. The zero-order chi connectivity index (χ0) is 90.2. The molecule has 0 saturated heterocycles. The van der Waals surface area contributed by atoms with Crippen LogP contribution in [-0.4, -0.2) is 186 Å². The number of allylic oxidation sites excluding steroid dienone is 6. The van der Waals surface area contributed by atoms with E-state index in [0.29, 0.717) is 151 Å². The zero-order valence-electron chi connectivity index (χ0n) is 70.8. The number of nitrogens with two attached hydrogens (primary N) is 1. The molecule has 0 saturated carbocycles. The second-order valence-corrected chi connectivity index (χ2v) is 38.6. The van der Waals surface area contributed by atoms with Crippen molar-refractivity contribution in [2.45, 2.75) is 176 Å². The van der Waals surface area contributed by atoms with Crippen molar-refractivity contribution >= 4 is 110 Å². The number of carbonyl (C=O) groups is 3. The molecule has 4 aliphatic heterocycles. The SMILES string of the molecule is COc1ccc2c(c1)C(c1ccc(Cl)cc1)=N[C@@H](CC(=O)NCCCCCN)c1nnc(C)n1-2.COc1ccc2c(c1)C(c1ccc(Cl)cc1)=N[C@@H](CC(=O)NCCCCCNC(=O)CCCCCC1(C)/C(=C/C=C/C=C/C3=[N+](CCCCS(=O)(=O)O)c4ccc(S(=O)(=O)O)cc4C3(C)C)N(CCCCS(=O)(=O)[O-])c3ccc(S(=O)(=O)O)cc31)c1nnc(C)n1-2. The van der Waals surface area contributed by atoms with Gasteiger partial charge in [-0.15, -0.1) is 20.4 Å². The van der Waals surface area contributed by atoms with Crippen LogP contribution in [0.1, 0.15) is 199 Å². The molecule has 4 aliphatic rings. The molecule has 3 atom stereocenters. The highest BCUT2D eigenvalue weighted by Gasteiger charge is 2.46. The molecule has 125 heavy (non-hydrogen) atoms. The molecule has 1 unspecified atom stereocenters. The number of hydrogen-bond acceptors (Lipinski definition) is 22. The average molecular weight is 1830 g/mol. The summed E-state index contributed by atoms with van der Waals surface area (Å²) in [6, 6.07) is 33.8. The molecule has 0 fully saturated rings. The van der Waals surface area contributed by atoms with Crippen LogP contribution in [0.3, 0.4) is 0 Å². The van der Waals surface area contributed by atoms with E-state index in [0.717, 1.165) is 76.6 Å². The summed E-state index contributed by atoms with van der Waals surface area (Å²) in [5, 5.41) is 27.8. The van der Waals surface area contributed by atoms with E-state index in [9.17, 15) is 66.3 Å². The first kappa shape index (κ1) is 95.5. The number of hydrogen-bond donors (Lipinski definition) is 7. The molecule has 0 aliphatic carbocycles. The number of anilines is 1. The fourth-order valence-corrected chi connectivity index (χ4v) is 18.5. The molecule has 37 heteroatoms. The van der Waals surface area contributed by atoms with Gasteiger partial charge in [0.05, 0.1) is 80.9 Å². The summed E-state index contributed by atoms with van der Waals surface area (Å²) < 4.78 is 154. The van der Waals surface area contributed by atoms with Gasteiger partial charge in [-0.2, -0.15) is 29.8 Å². The lowest BCUT2D eigenvalue weighted by atomic mass is 9.77. The minimum Gasteiger partial charge on any atom is -0.748 e. The standard InChI is InChI=1S/C63H77ClN8O15S4.C25H29ClN6O2/c1-43-68-69-61-52(67-60(44-22-24-45(64)25-23-44)49-39-46(87-5)26-29-53(49)72(43)61)42-59(74)66-34-14-8-13-33-65-58(73)21-11-7-12-32-63(4)51-41-48(91(84,85)86)28-31-55(51)71(36-16-18-38-89(78,79)80)57(63)20-10-6-9-19-56-62(2,3)50-40-47(90(81,82)83)27-30-54(50)70(56)35-15-17-37-88(75,76)77;1-16-30-31-25-21(15-23(33)28-13-5-3-4-12-27)29-24(17-6-8-18(26)9-7-17)20-14-19(34-2)10-11-22(20)32(16)25/h6,9-10,19-20,22-31,39-41,52H,7-8,11-18,21,32-38,42H2,1-5H3,(H5-,65,66,73,74,75,76,77,78,79,80,81,82,83,84,85,86);6-11,14,21H,3-5,12-13,15,27H2,1-2H3,(H,28,33)/t52-,63?;21-/m00/s1. The lowest BCUT2D eigenvalue weighted by Crippen LogP contribution is -2.29. The second kappa shape index (κ2) is 42.0. The number of aliphatic imine (C=N–C) groups is 2. The fourth-order valence-electron chi connectivity index (χ4n) is 16.1. The van der Waals surface area contributed by atoms with Crippen molar-refractivity contribution in [2.24, 2.45) is 15.7 Å². The van der Waals surface area contributed by atoms with Gasteiger partial charge >= 0.3 is 0 Å². The summed E-state index contributed by atoms with van der Waals surface area (Å²) >= 11 is 12.4. The number of benzene rings is 6. The predicted octanol–water partition coefficient (Wildman–Crippen LogP) is 13.0. The third kappa shape index (κ3) is 24.3. The molecule has 6 heterocycles. The van der Waals surface area contributed by atoms with Gasteiger partial charge in [0.25, 0.3) is 30.4 Å². The Kier molecular flexibility index (Phi) is 32.0. The van der Waals surface area contributed by atoms with Crippen molar-refractivity contribution in [1.82, 2.24) is 45.5 Å². The van der Waals surface area contributed by atoms with Crippen LogP contribution >= 0.6 is 23.2 Å². The minimum absolute atomic E-state index is 0.0196. The lowest BCUT2D eigenvalue weighted by molar-refractivity contribution is -0.438. The number of halogens is 2. The van der Waals surface area contributed by atoms with Gasteiger partial charge in [-0.3, -0.25) is 47.2 Å². The largest absolute Gasteiger partial charge is 0.748 e. The Morgan fingerprint density at radius 1 is 0.552 bits per heavy atom. The Hall–Kier alpha value is -10.2. The summed E-state index contributed by atoms with van der Waals surface area (Å²) in [7, 11) is -14.7. The van der Waals surface area contributed by atoms with Crippen molar-refractivity contribution in [3.63, 3.8) is 0 Å². The molecule has 12 rings (SSSR count). The van der Waals surface area contributed by atoms with Gasteiger partial charge < -0.3 is 40.6 Å². The Bertz CT molecular complexity index is 5970. The van der Waals surface area contributed by atoms with E-state index in [1.807, 2.05) is 138 Å². The Morgan fingerprint density at radius 2 is 1.04 bits per heavy atom. The van der Waals surface area contributed by atoms with Crippen molar-refractivity contribution < 1.29 is 80.3 Å². The normalized spacial score (nSPS) is 16.8. The zero-order valence-corrected chi connectivity index (χ0v) is 75.5.